The number of aryl methyl sites for hydroxylation is 1. The van der Waals surface area contributed by atoms with Gasteiger partial charge >= 0.3 is 0 Å². The van der Waals surface area contributed by atoms with Crippen molar-refractivity contribution in [2.24, 2.45) is 0 Å². The number of ether oxygens (including phenoxy) is 1. The molecule has 9 nitrogen and oxygen atoms in total. The normalized spacial score (nSPS) is 14.2. The SMILES string of the molecule is Cc1nc(Cc2cc(Cl)c(F)c(-c3ccc(C(=O)NC4(CO)CC4)nc3)c2OC(C)C)n2ccnc(N)c12. The molecular weight excluding hydrogens is 511 g/mol. The number of carbonyl (C=O) groups excluding carboxylic acids is 1. The summed E-state index contributed by atoms with van der Waals surface area (Å²) in [5.74, 6) is 0.289. The van der Waals surface area contributed by atoms with Crippen LogP contribution in [0, 0.1) is 12.7 Å². The third-order valence-electron chi connectivity index (χ3n) is 6.60. The number of aliphatic hydroxyl groups is 1. The highest BCUT2D eigenvalue weighted by Gasteiger charge is 2.43. The number of halogens is 2. The number of rotatable bonds is 8. The van der Waals surface area contributed by atoms with Crippen molar-refractivity contribution in [2.45, 2.75) is 51.7 Å². The molecule has 0 aliphatic heterocycles. The lowest BCUT2D eigenvalue weighted by Crippen LogP contribution is -2.39. The Morgan fingerprint density at radius 1 is 1.34 bits per heavy atom. The standard InChI is InChI=1S/C27H28ClFN6O3/c1-14(2)38-24-17(11-20-33-15(3)23-25(30)31-8-9-35(20)23)10-18(28)22(29)21(24)16-4-5-19(32-12-16)26(37)34-27(13-36)6-7-27/h4-5,8-10,12,14,36H,6-7,11,13H2,1-3H3,(H2,30,31)(H,34,37). The average molecular weight is 539 g/mol. The van der Waals surface area contributed by atoms with Crippen molar-refractivity contribution in [3.8, 4) is 16.9 Å². The number of nitrogens with two attached hydrogens (primary N) is 1. The molecule has 1 aliphatic rings. The van der Waals surface area contributed by atoms with Gasteiger partial charge in [-0.25, -0.2) is 14.4 Å². The van der Waals surface area contributed by atoms with Gasteiger partial charge in [-0.3, -0.25) is 14.2 Å². The summed E-state index contributed by atoms with van der Waals surface area (Å²) in [6.07, 6.45) is 6.23. The topological polar surface area (TPSA) is 128 Å². The summed E-state index contributed by atoms with van der Waals surface area (Å²) in [5.41, 5.74) is 8.26. The fourth-order valence-electron chi connectivity index (χ4n) is 4.49. The number of carbonyl (C=O) groups is 1. The lowest BCUT2D eigenvalue weighted by Gasteiger charge is -2.20. The second-order valence-electron chi connectivity index (χ2n) is 9.85. The maximum absolute atomic E-state index is 15.6. The summed E-state index contributed by atoms with van der Waals surface area (Å²) in [6.45, 7) is 5.42. The molecule has 1 saturated carbocycles. The van der Waals surface area contributed by atoms with Gasteiger partial charge in [-0.1, -0.05) is 17.7 Å². The van der Waals surface area contributed by atoms with Crippen molar-refractivity contribution >= 4 is 28.8 Å². The molecule has 1 aliphatic carbocycles. The number of imidazole rings is 1. The first-order valence-electron chi connectivity index (χ1n) is 12.3. The predicted octanol–water partition coefficient (Wildman–Crippen LogP) is 4.11. The Balaban J connectivity index is 1.56. The van der Waals surface area contributed by atoms with E-state index in [4.69, 9.17) is 22.1 Å². The Morgan fingerprint density at radius 2 is 2.11 bits per heavy atom. The highest BCUT2D eigenvalue weighted by Crippen LogP contribution is 2.41. The van der Waals surface area contributed by atoms with Crippen LogP contribution in [0.15, 0.2) is 36.8 Å². The van der Waals surface area contributed by atoms with Crippen molar-refractivity contribution in [1.29, 1.82) is 0 Å². The lowest BCUT2D eigenvalue weighted by atomic mass is 9.99. The third-order valence-corrected chi connectivity index (χ3v) is 6.88. The molecular formula is C27H28ClFN6O3. The molecule has 1 fully saturated rings. The molecule has 0 saturated heterocycles. The molecule has 0 bridgehead atoms. The Hall–Kier alpha value is -3.76. The van der Waals surface area contributed by atoms with Crippen LogP contribution in [-0.2, 0) is 6.42 Å². The van der Waals surface area contributed by atoms with Crippen LogP contribution >= 0.6 is 11.6 Å². The van der Waals surface area contributed by atoms with Gasteiger partial charge in [0.05, 0.1) is 34.5 Å². The van der Waals surface area contributed by atoms with Gasteiger partial charge in [0.15, 0.2) is 5.82 Å². The molecule has 1 amide bonds. The van der Waals surface area contributed by atoms with E-state index < -0.39 is 17.3 Å². The Morgan fingerprint density at radius 3 is 2.74 bits per heavy atom. The summed E-state index contributed by atoms with van der Waals surface area (Å²) in [6, 6.07) is 4.66. The highest BCUT2D eigenvalue weighted by molar-refractivity contribution is 6.31. The summed E-state index contributed by atoms with van der Waals surface area (Å²) >= 11 is 6.37. The van der Waals surface area contributed by atoms with E-state index in [-0.39, 0.29) is 35.4 Å². The molecule has 0 unspecified atom stereocenters. The van der Waals surface area contributed by atoms with Crippen molar-refractivity contribution in [3.63, 3.8) is 0 Å². The summed E-state index contributed by atoms with van der Waals surface area (Å²) in [5, 5.41) is 12.2. The zero-order valence-electron chi connectivity index (χ0n) is 21.3. The van der Waals surface area contributed by atoms with Crippen LogP contribution in [0.1, 0.15) is 54.3 Å². The number of nitrogens with zero attached hydrogens (tertiary/aromatic N) is 4. The second kappa shape index (κ2) is 9.85. The summed E-state index contributed by atoms with van der Waals surface area (Å²) in [4.78, 5) is 25.7. The van der Waals surface area contributed by atoms with Crippen LogP contribution in [0.3, 0.4) is 0 Å². The van der Waals surface area contributed by atoms with E-state index >= 15 is 4.39 Å². The number of pyridine rings is 1. The maximum atomic E-state index is 15.6. The van der Waals surface area contributed by atoms with Crippen molar-refractivity contribution in [2.75, 3.05) is 12.3 Å². The van der Waals surface area contributed by atoms with Gasteiger partial charge in [0, 0.05) is 36.1 Å². The van der Waals surface area contributed by atoms with Crippen molar-refractivity contribution < 1.29 is 19.0 Å². The molecule has 4 aromatic rings. The van der Waals surface area contributed by atoms with Crippen LogP contribution in [-0.4, -0.2) is 48.6 Å². The third kappa shape index (κ3) is 4.77. The zero-order valence-corrected chi connectivity index (χ0v) is 22.0. The molecule has 3 heterocycles. The Bertz CT molecular complexity index is 1530. The summed E-state index contributed by atoms with van der Waals surface area (Å²) < 4.78 is 23.6. The molecule has 0 spiro atoms. The fraction of sp³-hybridized carbons (Fsp3) is 0.333. The predicted molar refractivity (Wildman–Crippen MR) is 142 cm³/mol. The van der Waals surface area contributed by atoms with Gasteiger partial charge < -0.3 is 20.9 Å². The van der Waals surface area contributed by atoms with Gasteiger partial charge in [-0.2, -0.15) is 0 Å². The first-order valence-corrected chi connectivity index (χ1v) is 12.7. The van der Waals surface area contributed by atoms with E-state index in [9.17, 15) is 9.90 Å². The van der Waals surface area contributed by atoms with E-state index in [1.807, 2.05) is 25.2 Å². The quantitative estimate of drug-likeness (QED) is 0.308. The van der Waals surface area contributed by atoms with Crippen LogP contribution in [0.25, 0.3) is 16.6 Å². The Labute approximate surface area is 223 Å². The average Bonchev–Trinajstić information content (AvgIpc) is 3.58. The van der Waals surface area contributed by atoms with E-state index in [0.717, 1.165) is 5.69 Å². The molecule has 1 aromatic carbocycles. The number of fused-ring (bicyclic) bond motifs is 1. The largest absolute Gasteiger partial charge is 0.490 e. The number of anilines is 1. The van der Waals surface area contributed by atoms with Crippen LogP contribution < -0.4 is 15.8 Å². The monoisotopic (exact) mass is 538 g/mol. The van der Waals surface area contributed by atoms with Gasteiger partial charge in [0.2, 0.25) is 0 Å². The smallest absolute Gasteiger partial charge is 0.270 e. The number of nitrogens with one attached hydrogen (secondary N) is 1. The second-order valence-corrected chi connectivity index (χ2v) is 10.3. The van der Waals surface area contributed by atoms with Crippen LogP contribution in [0.5, 0.6) is 5.75 Å². The minimum atomic E-state index is -0.653. The minimum Gasteiger partial charge on any atom is -0.490 e. The molecule has 0 radical (unpaired) electrons. The fourth-order valence-corrected chi connectivity index (χ4v) is 4.71. The molecule has 5 rings (SSSR count). The number of aromatic nitrogens is 4. The van der Waals surface area contributed by atoms with Crippen LogP contribution in [0.4, 0.5) is 10.2 Å². The summed E-state index contributed by atoms with van der Waals surface area (Å²) in [7, 11) is 0. The first-order chi connectivity index (χ1) is 18.1. The van der Waals surface area contributed by atoms with E-state index in [0.29, 0.717) is 46.9 Å². The number of benzene rings is 1. The van der Waals surface area contributed by atoms with Crippen LogP contribution in [0.2, 0.25) is 5.02 Å². The van der Waals surface area contributed by atoms with E-state index in [2.05, 4.69) is 20.3 Å². The van der Waals surface area contributed by atoms with Gasteiger partial charge in [0.25, 0.3) is 5.91 Å². The van der Waals surface area contributed by atoms with Gasteiger partial charge in [-0.05, 0) is 45.7 Å². The molecule has 38 heavy (non-hydrogen) atoms. The maximum Gasteiger partial charge on any atom is 0.270 e. The van der Waals surface area contributed by atoms with Gasteiger partial charge in [-0.15, -0.1) is 0 Å². The Kier molecular flexibility index (Phi) is 6.70. The lowest BCUT2D eigenvalue weighted by molar-refractivity contribution is 0.0901. The highest BCUT2D eigenvalue weighted by atomic mass is 35.5. The number of hydrogen-bond acceptors (Lipinski definition) is 7. The minimum absolute atomic E-state index is 0.0784. The molecule has 0 atom stereocenters. The zero-order chi connectivity index (χ0) is 27.2. The first kappa shape index (κ1) is 25.9. The molecule has 11 heteroatoms. The van der Waals surface area contributed by atoms with Gasteiger partial charge in [0.1, 0.15) is 28.6 Å². The van der Waals surface area contributed by atoms with Crippen molar-refractivity contribution in [1.82, 2.24) is 24.7 Å². The molecule has 3 aromatic heterocycles. The number of aliphatic hydroxyl groups excluding tert-OH is 1. The van der Waals surface area contributed by atoms with E-state index in [1.54, 1.807) is 18.5 Å². The number of hydrogen-bond donors (Lipinski definition) is 3. The number of nitrogen functional groups attached to an aromatic ring is 1. The van der Waals surface area contributed by atoms with E-state index in [1.165, 1.54) is 18.3 Å². The van der Waals surface area contributed by atoms with Crippen molar-refractivity contribution in [3.05, 3.63) is 70.4 Å². The number of amides is 1. The molecule has 4 N–H and O–H groups in total. The molecule has 198 valence electrons.